The summed E-state index contributed by atoms with van der Waals surface area (Å²) in [4.78, 5) is 26.6. The number of phenols is 1. The van der Waals surface area contributed by atoms with Crippen LogP contribution in [0, 0.1) is 43.9 Å². The van der Waals surface area contributed by atoms with Gasteiger partial charge in [0, 0.05) is 29.5 Å². The van der Waals surface area contributed by atoms with Crippen molar-refractivity contribution < 1.29 is 24.2 Å². The number of carbonyl (C=O) groups excluding carboxylic acids is 2. The van der Waals surface area contributed by atoms with Crippen LogP contribution in [0.25, 0.3) is 34.2 Å². The quantitative estimate of drug-likeness (QED) is 0.116. The number of aromatic amines is 1. The van der Waals surface area contributed by atoms with Crippen LogP contribution in [-0.4, -0.2) is 89.3 Å². The van der Waals surface area contributed by atoms with E-state index in [4.69, 9.17) is 14.7 Å². The largest absolute Gasteiger partial charge is 0.508 e. The van der Waals surface area contributed by atoms with Gasteiger partial charge in [-0.25, -0.2) is 0 Å². The lowest BCUT2D eigenvalue weighted by Crippen LogP contribution is -2.25. The first-order chi connectivity index (χ1) is 31.6. The number of carbonyl (C=O) groups is 2. The molecular weight excluding hydrogens is 851 g/mol. The molecule has 3 heterocycles. The van der Waals surface area contributed by atoms with E-state index >= 15 is 0 Å². The summed E-state index contributed by atoms with van der Waals surface area (Å²) in [5.41, 5.74) is 6.07. The van der Waals surface area contributed by atoms with Gasteiger partial charge < -0.3 is 14.6 Å². The number of benzene rings is 4. The maximum Gasteiger partial charge on any atom is 0.306 e. The summed E-state index contributed by atoms with van der Waals surface area (Å²) in [6.07, 6.45) is 0.631. The number of esters is 2. The minimum Gasteiger partial charge on any atom is -0.508 e. The molecule has 0 aliphatic carbocycles. The van der Waals surface area contributed by atoms with Crippen LogP contribution in [0.1, 0.15) is 90.5 Å². The minimum atomic E-state index is -0.478. The molecule has 67 heavy (non-hydrogen) atoms. The highest BCUT2D eigenvalue weighted by Crippen LogP contribution is 2.19. The van der Waals surface area contributed by atoms with Gasteiger partial charge in [0.25, 0.3) is 0 Å². The zero-order valence-corrected chi connectivity index (χ0v) is 40.2. The molecule has 4 aromatic carbocycles. The molecular formula is C49H61N13O5. The summed E-state index contributed by atoms with van der Waals surface area (Å²) < 4.78 is 10.6. The standard InChI is InChI=1S/C17H24N4O2.C16H22N4O3.C8H8N4.C8H7N/c1-12-6-8-14(9-7-12)16-18-20-21(19-16)11-13(2)10-15(22)23-17(3,4)5;1-11(9-14(22)23-16(2,3)4)10-20-18-15(17-19-20)12-5-7-13(21)8-6-12;1-6-2-4-7(5-3-6)8-9-11-12-10-8;1-7-2-4-8(6-9)5-3-7/h6-9,13H,10-11H2,1-5H3;5-8,11,21H,9-10H2,1-4H3;2-5H,1H3,(H,9,10,11,12);2-5H,1H3/t13-;11-;;/m11../s1. The van der Waals surface area contributed by atoms with E-state index in [0.29, 0.717) is 43.4 Å². The number of nitriles is 1. The molecule has 7 aromatic rings. The van der Waals surface area contributed by atoms with Gasteiger partial charge in [0.1, 0.15) is 17.0 Å². The summed E-state index contributed by atoms with van der Waals surface area (Å²) in [5.74, 6) is 1.57. The predicted molar refractivity (Wildman–Crippen MR) is 252 cm³/mol. The molecule has 0 saturated heterocycles. The van der Waals surface area contributed by atoms with Crippen molar-refractivity contribution in [3.63, 3.8) is 0 Å². The van der Waals surface area contributed by atoms with Gasteiger partial charge in [-0.05, 0) is 126 Å². The molecule has 0 spiro atoms. The first-order valence-electron chi connectivity index (χ1n) is 21.8. The van der Waals surface area contributed by atoms with E-state index in [1.165, 1.54) is 26.3 Å². The molecule has 0 radical (unpaired) electrons. The second-order valence-electron chi connectivity index (χ2n) is 18.1. The topological polar surface area (TPSA) is 238 Å². The van der Waals surface area contributed by atoms with Crippen molar-refractivity contribution in [3.8, 4) is 46.0 Å². The monoisotopic (exact) mass is 911 g/mol. The molecule has 0 aliphatic heterocycles. The van der Waals surface area contributed by atoms with E-state index in [9.17, 15) is 14.7 Å². The molecule has 0 amide bonds. The number of hydrogen-bond acceptors (Lipinski definition) is 15. The van der Waals surface area contributed by atoms with E-state index in [1.54, 1.807) is 24.3 Å². The number of nitrogens with zero attached hydrogens (tertiary/aromatic N) is 12. The molecule has 0 fully saturated rings. The number of aryl methyl sites for hydroxylation is 3. The number of phenolic OH excluding ortho intramolecular Hbond substituents is 1. The van der Waals surface area contributed by atoms with E-state index < -0.39 is 11.2 Å². The maximum absolute atomic E-state index is 11.8. The summed E-state index contributed by atoms with van der Waals surface area (Å²) >= 11 is 0. The van der Waals surface area contributed by atoms with Gasteiger partial charge in [0.15, 0.2) is 0 Å². The van der Waals surface area contributed by atoms with Crippen LogP contribution < -0.4 is 0 Å². The molecule has 2 atom stereocenters. The zero-order valence-electron chi connectivity index (χ0n) is 40.2. The Bertz CT molecular complexity index is 2490. The van der Waals surface area contributed by atoms with Crippen LogP contribution in [0.2, 0.25) is 0 Å². The molecule has 352 valence electrons. The summed E-state index contributed by atoms with van der Waals surface area (Å²) in [5, 5.41) is 56.1. The van der Waals surface area contributed by atoms with Crippen LogP contribution in [0.5, 0.6) is 5.75 Å². The third kappa shape index (κ3) is 19.5. The average Bonchev–Trinajstić information content (AvgIpc) is 4.05. The Balaban J connectivity index is 0.000000208. The number of aromatic hydroxyl groups is 1. The molecule has 0 bridgehead atoms. The van der Waals surface area contributed by atoms with E-state index in [1.807, 2.05) is 149 Å². The van der Waals surface area contributed by atoms with E-state index in [2.05, 4.69) is 57.5 Å². The second-order valence-corrected chi connectivity index (χ2v) is 18.1. The van der Waals surface area contributed by atoms with Crippen molar-refractivity contribution in [3.05, 3.63) is 119 Å². The van der Waals surface area contributed by atoms with Gasteiger partial charge >= 0.3 is 11.9 Å². The number of H-pyrrole nitrogens is 1. The first-order valence-corrected chi connectivity index (χ1v) is 21.8. The highest BCUT2D eigenvalue weighted by Gasteiger charge is 2.21. The number of ether oxygens (including phenoxy) is 2. The SMILES string of the molecule is C[C@H](CC(=O)OC(C)(C)C)Cn1nnc(-c2ccc(O)cc2)n1.Cc1ccc(-c2nn[nH]n2)cc1.Cc1ccc(-c2nnn(C[C@H](C)CC(=O)OC(C)(C)C)n2)cc1.Cc1ccc(C#N)cc1. The van der Waals surface area contributed by atoms with Gasteiger partial charge in [-0.2, -0.15) is 20.1 Å². The van der Waals surface area contributed by atoms with Crippen LogP contribution in [0.15, 0.2) is 97.1 Å². The van der Waals surface area contributed by atoms with Gasteiger partial charge in [0.05, 0.1) is 24.7 Å². The Morgan fingerprint density at radius 2 is 0.985 bits per heavy atom. The molecule has 18 nitrogen and oxygen atoms in total. The van der Waals surface area contributed by atoms with Gasteiger partial charge in [0.2, 0.25) is 17.5 Å². The summed E-state index contributed by atoms with van der Waals surface area (Å²) in [6.45, 7) is 22.1. The molecule has 0 unspecified atom stereocenters. The lowest BCUT2D eigenvalue weighted by molar-refractivity contribution is -0.157. The zero-order chi connectivity index (χ0) is 49.1. The molecule has 2 N–H and O–H groups in total. The molecule has 0 saturated carbocycles. The average molecular weight is 912 g/mol. The molecule has 0 aliphatic rings. The van der Waals surface area contributed by atoms with E-state index in [-0.39, 0.29) is 29.5 Å². The smallest absolute Gasteiger partial charge is 0.306 e. The summed E-state index contributed by atoms with van der Waals surface area (Å²) in [6, 6.07) is 32.1. The number of nitrogens with one attached hydrogen (secondary N) is 1. The van der Waals surface area contributed by atoms with Crippen molar-refractivity contribution in [1.29, 1.82) is 5.26 Å². The highest BCUT2D eigenvalue weighted by atomic mass is 16.6. The van der Waals surface area contributed by atoms with Gasteiger partial charge in [-0.3, -0.25) is 9.59 Å². The second kappa shape index (κ2) is 24.6. The van der Waals surface area contributed by atoms with Crippen molar-refractivity contribution in [2.75, 3.05) is 0 Å². The number of tetrazole rings is 3. The predicted octanol–water partition coefficient (Wildman–Crippen LogP) is 8.47. The summed E-state index contributed by atoms with van der Waals surface area (Å²) in [7, 11) is 0. The fourth-order valence-electron chi connectivity index (χ4n) is 5.82. The number of aromatic nitrogens is 12. The Morgan fingerprint density at radius 1 is 0.612 bits per heavy atom. The lowest BCUT2D eigenvalue weighted by Gasteiger charge is -2.20. The number of rotatable bonds is 11. The molecule has 7 rings (SSSR count). The third-order valence-corrected chi connectivity index (χ3v) is 9.00. The first kappa shape index (κ1) is 51.9. The van der Waals surface area contributed by atoms with Crippen LogP contribution >= 0.6 is 0 Å². The Kier molecular flexibility index (Phi) is 19.0. The van der Waals surface area contributed by atoms with Crippen LogP contribution in [0.4, 0.5) is 0 Å². The van der Waals surface area contributed by atoms with Crippen LogP contribution in [-0.2, 0) is 32.2 Å². The molecule has 18 heteroatoms. The van der Waals surface area contributed by atoms with Crippen molar-refractivity contribution >= 4 is 11.9 Å². The number of hydrogen-bond donors (Lipinski definition) is 2. The van der Waals surface area contributed by atoms with Crippen molar-refractivity contribution in [1.82, 2.24) is 61.0 Å². The lowest BCUT2D eigenvalue weighted by atomic mass is 10.1. The normalized spacial score (nSPS) is 11.8. The van der Waals surface area contributed by atoms with Crippen LogP contribution in [0.3, 0.4) is 0 Å². The van der Waals surface area contributed by atoms with Gasteiger partial charge in [-0.1, -0.05) is 91.2 Å². The minimum absolute atomic E-state index is 0.0340. The Hall–Kier alpha value is -7.68. The fraction of sp³-hybridized carbons (Fsp3) is 0.388. The van der Waals surface area contributed by atoms with Gasteiger partial charge in [-0.15, -0.1) is 30.6 Å². The Labute approximate surface area is 391 Å². The maximum atomic E-state index is 11.8. The van der Waals surface area contributed by atoms with Crippen molar-refractivity contribution in [2.45, 2.75) is 113 Å². The Morgan fingerprint density at radius 3 is 1.34 bits per heavy atom. The molecule has 3 aromatic heterocycles. The highest BCUT2D eigenvalue weighted by molar-refractivity contribution is 5.70. The third-order valence-electron chi connectivity index (χ3n) is 9.00. The van der Waals surface area contributed by atoms with Crippen molar-refractivity contribution in [2.24, 2.45) is 11.8 Å². The fourth-order valence-corrected chi connectivity index (χ4v) is 5.82. The van der Waals surface area contributed by atoms with E-state index in [0.717, 1.165) is 22.3 Å².